The highest BCUT2D eigenvalue weighted by Crippen LogP contribution is 2.28. The minimum Gasteiger partial charge on any atom is -0.339 e. The van der Waals surface area contributed by atoms with Crippen molar-refractivity contribution in [1.82, 2.24) is 4.90 Å². The minimum absolute atomic E-state index is 0. The maximum atomic E-state index is 12.4. The van der Waals surface area contributed by atoms with E-state index in [0.29, 0.717) is 12.0 Å². The summed E-state index contributed by atoms with van der Waals surface area (Å²) >= 11 is 0. The molecule has 1 aliphatic rings. The fourth-order valence-electron chi connectivity index (χ4n) is 2.75. The van der Waals surface area contributed by atoms with Gasteiger partial charge in [-0.3, -0.25) is 4.79 Å². The van der Waals surface area contributed by atoms with Gasteiger partial charge >= 0.3 is 0 Å². The maximum absolute atomic E-state index is 12.4. The number of carbonyl (C=O) groups is 1. The highest BCUT2D eigenvalue weighted by atomic mass is 35.5. The second-order valence-corrected chi connectivity index (χ2v) is 5.65. The van der Waals surface area contributed by atoms with E-state index in [9.17, 15) is 4.79 Å². The average Bonchev–Trinajstić information content (AvgIpc) is 2.30. The second kappa shape index (κ2) is 8.00. The molecule has 4 unspecified atom stereocenters. The molecule has 108 valence electrons. The van der Waals surface area contributed by atoms with E-state index in [2.05, 4.69) is 18.7 Å². The summed E-state index contributed by atoms with van der Waals surface area (Å²) in [4.78, 5) is 14.5. The van der Waals surface area contributed by atoms with Crippen LogP contribution in [0.5, 0.6) is 0 Å². The van der Waals surface area contributed by atoms with Gasteiger partial charge in [-0.15, -0.1) is 12.4 Å². The summed E-state index contributed by atoms with van der Waals surface area (Å²) in [7, 11) is 0. The van der Waals surface area contributed by atoms with Gasteiger partial charge in [-0.1, -0.05) is 27.2 Å². The van der Waals surface area contributed by atoms with Gasteiger partial charge in [0.2, 0.25) is 5.91 Å². The second-order valence-electron chi connectivity index (χ2n) is 5.65. The number of nitrogens with two attached hydrogens (primary N) is 1. The monoisotopic (exact) mass is 276 g/mol. The van der Waals surface area contributed by atoms with Crippen molar-refractivity contribution >= 4 is 18.3 Å². The Morgan fingerprint density at radius 2 is 2.06 bits per heavy atom. The number of hydrogen-bond donors (Lipinski definition) is 1. The molecule has 1 aliphatic heterocycles. The first-order valence-electron chi connectivity index (χ1n) is 7.05. The maximum Gasteiger partial charge on any atom is 0.227 e. The number of likely N-dealkylation sites (tertiary alicyclic amines) is 1. The third kappa shape index (κ3) is 4.13. The van der Waals surface area contributed by atoms with Gasteiger partial charge in [0, 0.05) is 18.6 Å². The van der Waals surface area contributed by atoms with Crippen molar-refractivity contribution in [3.8, 4) is 0 Å². The lowest BCUT2D eigenvalue weighted by Crippen LogP contribution is -2.51. The molecule has 3 nitrogen and oxygen atoms in total. The molecule has 4 heteroatoms. The van der Waals surface area contributed by atoms with Crippen LogP contribution in [0, 0.1) is 11.8 Å². The molecule has 2 N–H and O–H groups in total. The molecule has 1 saturated heterocycles. The van der Waals surface area contributed by atoms with Gasteiger partial charge in [0.25, 0.3) is 0 Å². The third-order valence-corrected chi connectivity index (χ3v) is 4.16. The SMILES string of the molecule is CCCC1C(C)CCCN1C(=O)C(C)C(C)N.Cl. The Bertz CT molecular complexity index is 258. The van der Waals surface area contributed by atoms with Gasteiger partial charge in [-0.2, -0.15) is 0 Å². The van der Waals surface area contributed by atoms with Crippen LogP contribution in [-0.2, 0) is 4.79 Å². The minimum atomic E-state index is -0.0559. The number of halogens is 1. The lowest BCUT2D eigenvalue weighted by molar-refractivity contribution is -0.141. The molecular weight excluding hydrogens is 248 g/mol. The molecule has 0 aromatic heterocycles. The van der Waals surface area contributed by atoms with Crippen LogP contribution in [0.2, 0.25) is 0 Å². The number of hydrogen-bond acceptors (Lipinski definition) is 2. The fraction of sp³-hybridized carbons (Fsp3) is 0.929. The van der Waals surface area contributed by atoms with Crippen LogP contribution in [0.1, 0.15) is 53.4 Å². The highest BCUT2D eigenvalue weighted by Gasteiger charge is 2.33. The third-order valence-electron chi connectivity index (χ3n) is 4.16. The molecule has 1 fully saturated rings. The molecule has 1 rings (SSSR count). The summed E-state index contributed by atoms with van der Waals surface area (Å²) < 4.78 is 0. The van der Waals surface area contributed by atoms with Crippen molar-refractivity contribution in [2.45, 2.75) is 65.5 Å². The average molecular weight is 277 g/mol. The highest BCUT2D eigenvalue weighted by molar-refractivity contribution is 5.85. The van der Waals surface area contributed by atoms with Crippen LogP contribution in [-0.4, -0.2) is 29.4 Å². The van der Waals surface area contributed by atoms with Crippen LogP contribution in [0.25, 0.3) is 0 Å². The van der Waals surface area contributed by atoms with Crippen LogP contribution >= 0.6 is 12.4 Å². The summed E-state index contributed by atoms with van der Waals surface area (Å²) in [5, 5.41) is 0. The van der Waals surface area contributed by atoms with Gasteiger partial charge in [0.15, 0.2) is 0 Å². The molecule has 0 bridgehead atoms. The van der Waals surface area contributed by atoms with Crippen molar-refractivity contribution in [2.24, 2.45) is 17.6 Å². The summed E-state index contributed by atoms with van der Waals surface area (Å²) in [6.45, 7) is 9.26. The molecule has 18 heavy (non-hydrogen) atoms. The van der Waals surface area contributed by atoms with E-state index in [1.54, 1.807) is 0 Å². The van der Waals surface area contributed by atoms with Crippen molar-refractivity contribution in [2.75, 3.05) is 6.54 Å². The largest absolute Gasteiger partial charge is 0.339 e. The number of piperidine rings is 1. The smallest absolute Gasteiger partial charge is 0.227 e. The van der Waals surface area contributed by atoms with Gasteiger partial charge in [-0.25, -0.2) is 0 Å². The Balaban J connectivity index is 0.00000289. The lowest BCUT2D eigenvalue weighted by Gasteiger charge is -2.41. The Hall–Kier alpha value is -0.280. The first-order chi connectivity index (χ1) is 7.99. The van der Waals surface area contributed by atoms with Gasteiger partial charge in [-0.05, 0) is 32.1 Å². The van der Waals surface area contributed by atoms with Crippen LogP contribution in [0.3, 0.4) is 0 Å². The molecule has 0 aromatic carbocycles. The number of rotatable bonds is 4. The summed E-state index contributed by atoms with van der Waals surface area (Å²) in [5.41, 5.74) is 5.85. The Labute approximate surface area is 118 Å². The molecular formula is C14H29ClN2O. The van der Waals surface area contributed by atoms with E-state index in [4.69, 9.17) is 5.73 Å². The van der Waals surface area contributed by atoms with Crippen molar-refractivity contribution in [3.05, 3.63) is 0 Å². The quantitative estimate of drug-likeness (QED) is 0.858. The predicted molar refractivity (Wildman–Crippen MR) is 78.9 cm³/mol. The van der Waals surface area contributed by atoms with E-state index in [0.717, 1.165) is 25.8 Å². The van der Waals surface area contributed by atoms with E-state index < -0.39 is 0 Å². The number of amides is 1. The molecule has 0 aliphatic carbocycles. The molecule has 0 spiro atoms. The van der Waals surface area contributed by atoms with Crippen LogP contribution in [0.4, 0.5) is 0 Å². The van der Waals surface area contributed by atoms with E-state index >= 15 is 0 Å². The Kier molecular flexibility index (Phi) is 7.88. The first kappa shape index (κ1) is 17.7. The van der Waals surface area contributed by atoms with Gasteiger partial charge < -0.3 is 10.6 Å². The zero-order chi connectivity index (χ0) is 13.0. The predicted octanol–water partition coefficient (Wildman–Crippen LogP) is 2.82. The van der Waals surface area contributed by atoms with Crippen molar-refractivity contribution in [3.63, 3.8) is 0 Å². The summed E-state index contributed by atoms with van der Waals surface area (Å²) in [6.07, 6.45) is 4.66. The summed E-state index contributed by atoms with van der Waals surface area (Å²) in [5.74, 6) is 0.831. The lowest BCUT2D eigenvalue weighted by atomic mass is 9.86. The Morgan fingerprint density at radius 1 is 1.44 bits per heavy atom. The zero-order valence-electron chi connectivity index (χ0n) is 12.2. The first-order valence-corrected chi connectivity index (χ1v) is 7.05. The molecule has 1 heterocycles. The fourth-order valence-corrected chi connectivity index (χ4v) is 2.75. The van der Waals surface area contributed by atoms with Crippen molar-refractivity contribution < 1.29 is 4.79 Å². The van der Waals surface area contributed by atoms with Gasteiger partial charge in [0.1, 0.15) is 0 Å². The van der Waals surface area contributed by atoms with Gasteiger partial charge in [0.05, 0.1) is 5.92 Å². The van der Waals surface area contributed by atoms with Crippen molar-refractivity contribution in [1.29, 1.82) is 0 Å². The topological polar surface area (TPSA) is 46.3 Å². The molecule has 0 aromatic rings. The normalized spacial score (nSPS) is 27.3. The van der Waals surface area contributed by atoms with Crippen LogP contribution in [0.15, 0.2) is 0 Å². The zero-order valence-corrected chi connectivity index (χ0v) is 13.0. The summed E-state index contributed by atoms with van der Waals surface area (Å²) in [6, 6.07) is 0.379. The van der Waals surface area contributed by atoms with E-state index in [1.165, 1.54) is 6.42 Å². The molecule has 4 atom stereocenters. The van der Waals surface area contributed by atoms with E-state index in [-0.39, 0.29) is 30.3 Å². The molecule has 0 saturated carbocycles. The molecule has 1 amide bonds. The number of nitrogens with zero attached hydrogens (tertiary/aromatic N) is 1. The molecule has 0 radical (unpaired) electrons. The van der Waals surface area contributed by atoms with Crippen LogP contribution < -0.4 is 5.73 Å². The Morgan fingerprint density at radius 3 is 2.56 bits per heavy atom. The standard InChI is InChI=1S/C14H28N2O.ClH/c1-5-7-13-10(2)8-6-9-16(13)14(17)11(3)12(4)15;/h10-13H,5-9,15H2,1-4H3;1H. The van der Waals surface area contributed by atoms with E-state index in [1.807, 2.05) is 13.8 Å². The number of carbonyl (C=O) groups excluding carboxylic acids is 1.